The Labute approximate surface area is 187 Å². The molecule has 1 aromatic heterocycles. The van der Waals surface area contributed by atoms with Gasteiger partial charge in [0.1, 0.15) is 10.7 Å². The van der Waals surface area contributed by atoms with Crippen molar-refractivity contribution in [3.63, 3.8) is 0 Å². The summed E-state index contributed by atoms with van der Waals surface area (Å²) in [6.07, 6.45) is 5.24. The molecule has 0 N–H and O–H groups in total. The second kappa shape index (κ2) is 10.6. The van der Waals surface area contributed by atoms with E-state index in [2.05, 4.69) is 4.98 Å². The molecular weight excluding hydrogens is 437 g/mol. The number of pyridine rings is 1. The van der Waals surface area contributed by atoms with Crippen LogP contribution in [0.15, 0.2) is 52.5 Å². The summed E-state index contributed by atoms with van der Waals surface area (Å²) >= 11 is 1.27. The van der Waals surface area contributed by atoms with E-state index in [-0.39, 0.29) is 16.6 Å². The van der Waals surface area contributed by atoms with Gasteiger partial charge in [-0.15, -0.1) is 0 Å². The average molecular weight is 466 g/mol. The molecule has 0 unspecified atom stereocenters. The van der Waals surface area contributed by atoms with Crippen molar-refractivity contribution in [1.29, 1.82) is 0 Å². The van der Waals surface area contributed by atoms with Crippen LogP contribution < -0.4 is 0 Å². The second-order valence-corrected chi connectivity index (χ2v) is 11.0. The fourth-order valence-electron chi connectivity index (χ4n) is 3.55. The van der Waals surface area contributed by atoms with Gasteiger partial charge in [-0.25, -0.2) is 17.8 Å². The third-order valence-corrected chi connectivity index (χ3v) is 8.16. The first kappa shape index (κ1) is 23.7. The van der Waals surface area contributed by atoms with Crippen molar-refractivity contribution >= 4 is 27.7 Å². The first-order valence-electron chi connectivity index (χ1n) is 10.4. The molecule has 0 bridgehead atoms. The Balaban J connectivity index is 1.61. The molecule has 1 aromatic carbocycles. The van der Waals surface area contributed by atoms with E-state index >= 15 is 0 Å². The van der Waals surface area contributed by atoms with E-state index in [0.717, 1.165) is 25.7 Å². The Kier molecular flexibility index (Phi) is 8.07. The van der Waals surface area contributed by atoms with E-state index in [9.17, 15) is 17.6 Å². The first-order chi connectivity index (χ1) is 14.8. The summed E-state index contributed by atoms with van der Waals surface area (Å²) in [5.41, 5.74) is 0.717. The summed E-state index contributed by atoms with van der Waals surface area (Å²) in [7, 11) is -1.87. The number of halogens is 1. The number of amides is 1. The van der Waals surface area contributed by atoms with Crippen molar-refractivity contribution in [2.24, 2.45) is 0 Å². The molecule has 1 fully saturated rings. The van der Waals surface area contributed by atoms with E-state index in [1.54, 1.807) is 43.1 Å². The van der Waals surface area contributed by atoms with Crippen molar-refractivity contribution < 1.29 is 17.6 Å². The van der Waals surface area contributed by atoms with Gasteiger partial charge in [-0.3, -0.25) is 4.79 Å². The zero-order valence-electron chi connectivity index (χ0n) is 17.8. The molecule has 0 radical (unpaired) electrons. The molecule has 31 heavy (non-hydrogen) atoms. The number of hydrogen-bond acceptors (Lipinski definition) is 5. The zero-order valence-corrected chi connectivity index (χ0v) is 19.5. The first-order valence-corrected chi connectivity index (χ1v) is 12.7. The molecule has 1 aliphatic heterocycles. The summed E-state index contributed by atoms with van der Waals surface area (Å²) in [4.78, 5) is 18.7. The number of carbonyl (C=O) groups excluding carboxylic acids is 1. The van der Waals surface area contributed by atoms with Crippen molar-refractivity contribution in [2.75, 3.05) is 20.1 Å². The Morgan fingerprint density at radius 2 is 1.90 bits per heavy atom. The molecule has 1 atom stereocenters. The Morgan fingerprint density at radius 3 is 2.52 bits per heavy atom. The smallest absolute Gasteiger partial charge is 0.244 e. The van der Waals surface area contributed by atoms with E-state index in [4.69, 9.17) is 0 Å². The maximum absolute atomic E-state index is 13.4. The van der Waals surface area contributed by atoms with Crippen LogP contribution in [0.5, 0.6) is 0 Å². The summed E-state index contributed by atoms with van der Waals surface area (Å²) in [5, 5.41) is 0.161. The molecule has 0 spiro atoms. The Hall–Kier alpha value is -1.97. The van der Waals surface area contributed by atoms with E-state index in [1.165, 1.54) is 34.4 Å². The molecule has 2 heterocycles. The quantitative estimate of drug-likeness (QED) is 0.580. The molecule has 0 saturated carbocycles. The SMILES string of the molecule is C[C@@H](Sc1ccc(S(=O)(=O)N2CCCCCC2)cn1)C(=O)N(C)Cc1cccc(F)c1. The minimum atomic E-state index is -3.54. The molecule has 1 saturated heterocycles. The molecule has 2 aromatic rings. The summed E-state index contributed by atoms with van der Waals surface area (Å²) in [6.45, 7) is 3.17. The van der Waals surface area contributed by atoms with Gasteiger partial charge in [0, 0.05) is 32.9 Å². The number of sulfonamides is 1. The minimum Gasteiger partial charge on any atom is -0.340 e. The van der Waals surface area contributed by atoms with Gasteiger partial charge in [0.25, 0.3) is 0 Å². The van der Waals surface area contributed by atoms with Gasteiger partial charge in [0.05, 0.1) is 10.3 Å². The molecule has 9 heteroatoms. The standard InChI is InChI=1S/C22H28FN3O3S2/c1-17(22(27)25(2)16-18-8-7-9-19(23)14-18)30-21-11-10-20(15-24-21)31(28,29)26-12-5-3-4-6-13-26/h7-11,14-15,17H,3-6,12-13,16H2,1-2H3/t17-/m1/s1. The lowest BCUT2D eigenvalue weighted by atomic mass is 10.2. The Morgan fingerprint density at radius 1 is 1.19 bits per heavy atom. The molecular formula is C22H28FN3O3S2. The van der Waals surface area contributed by atoms with Gasteiger partial charge in [-0.05, 0) is 49.6 Å². The highest BCUT2D eigenvalue weighted by Gasteiger charge is 2.26. The molecule has 6 nitrogen and oxygen atoms in total. The molecule has 3 rings (SSSR count). The van der Waals surface area contributed by atoms with Crippen LogP contribution in [0.3, 0.4) is 0 Å². The molecule has 0 aliphatic carbocycles. The highest BCUT2D eigenvalue weighted by atomic mass is 32.2. The van der Waals surface area contributed by atoms with E-state index < -0.39 is 15.3 Å². The third-order valence-electron chi connectivity index (χ3n) is 5.24. The minimum absolute atomic E-state index is 0.114. The van der Waals surface area contributed by atoms with Gasteiger partial charge < -0.3 is 4.90 Å². The average Bonchev–Trinajstić information content (AvgIpc) is 3.04. The number of benzene rings is 1. The second-order valence-electron chi connectivity index (χ2n) is 7.73. The fourth-order valence-corrected chi connectivity index (χ4v) is 5.92. The lowest BCUT2D eigenvalue weighted by Crippen LogP contribution is -2.33. The van der Waals surface area contributed by atoms with Crippen LogP contribution in [0.2, 0.25) is 0 Å². The van der Waals surface area contributed by atoms with Crippen LogP contribution in [0.1, 0.15) is 38.2 Å². The van der Waals surface area contributed by atoms with Gasteiger partial charge >= 0.3 is 0 Å². The van der Waals surface area contributed by atoms with Crippen molar-refractivity contribution in [1.82, 2.24) is 14.2 Å². The topological polar surface area (TPSA) is 70.6 Å². The van der Waals surface area contributed by atoms with Crippen LogP contribution in [0, 0.1) is 5.82 Å². The van der Waals surface area contributed by atoms with E-state index in [1.807, 2.05) is 0 Å². The summed E-state index contributed by atoms with van der Waals surface area (Å²) < 4.78 is 40.6. The number of nitrogens with zero attached hydrogens (tertiary/aromatic N) is 3. The number of carbonyl (C=O) groups is 1. The van der Waals surface area contributed by atoms with Gasteiger partial charge in [-0.2, -0.15) is 4.31 Å². The zero-order chi connectivity index (χ0) is 22.4. The van der Waals surface area contributed by atoms with Crippen molar-refractivity contribution in [2.45, 2.75) is 54.3 Å². The van der Waals surface area contributed by atoms with Crippen LogP contribution in [0.4, 0.5) is 4.39 Å². The van der Waals surface area contributed by atoms with E-state index in [0.29, 0.717) is 30.2 Å². The normalized spacial score (nSPS) is 16.5. The maximum atomic E-state index is 13.4. The number of aromatic nitrogens is 1. The highest BCUT2D eigenvalue weighted by molar-refractivity contribution is 8.00. The van der Waals surface area contributed by atoms with Crippen molar-refractivity contribution in [3.05, 3.63) is 54.0 Å². The molecule has 168 valence electrons. The summed E-state index contributed by atoms with van der Waals surface area (Å²) in [5.74, 6) is -0.447. The van der Waals surface area contributed by atoms with Gasteiger partial charge in [0.2, 0.25) is 15.9 Å². The number of thioether (sulfide) groups is 1. The van der Waals surface area contributed by atoms with Crippen LogP contribution in [-0.4, -0.2) is 53.9 Å². The lowest BCUT2D eigenvalue weighted by molar-refractivity contribution is -0.129. The van der Waals surface area contributed by atoms with Gasteiger partial charge in [0.15, 0.2) is 0 Å². The predicted molar refractivity (Wildman–Crippen MR) is 120 cm³/mol. The third kappa shape index (κ3) is 6.27. The van der Waals surface area contributed by atoms with Crippen LogP contribution >= 0.6 is 11.8 Å². The monoisotopic (exact) mass is 465 g/mol. The van der Waals surface area contributed by atoms with Crippen LogP contribution in [0.25, 0.3) is 0 Å². The largest absolute Gasteiger partial charge is 0.340 e. The summed E-state index contributed by atoms with van der Waals surface area (Å²) in [6, 6.07) is 9.37. The van der Waals surface area contributed by atoms with Crippen LogP contribution in [-0.2, 0) is 21.4 Å². The van der Waals surface area contributed by atoms with Crippen molar-refractivity contribution in [3.8, 4) is 0 Å². The number of hydrogen-bond donors (Lipinski definition) is 0. The maximum Gasteiger partial charge on any atom is 0.244 e. The van der Waals surface area contributed by atoms with Gasteiger partial charge in [-0.1, -0.05) is 36.7 Å². The fraction of sp³-hybridized carbons (Fsp3) is 0.455. The molecule has 1 aliphatic rings. The number of rotatable bonds is 7. The Bertz CT molecular complexity index is 991. The highest BCUT2D eigenvalue weighted by Crippen LogP contribution is 2.25. The molecule has 1 amide bonds. The predicted octanol–water partition coefficient (Wildman–Crippen LogP) is 3.92. The lowest BCUT2D eigenvalue weighted by Gasteiger charge is -2.21.